The number of nitrogens with zero attached hydrogens (tertiary/aromatic N) is 2. The van der Waals surface area contributed by atoms with Gasteiger partial charge in [0.2, 0.25) is 0 Å². The minimum absolute atomic E-state index is 0.0910. The van der Waals surface area contributed by atoms with Gasteiger partial charge in [-0.1, -0.05) is 25.0 Å². The van der Waals surface area contributed by atoms with E-state index in [1.54, 1.807) is 31.4 Å². The third-order valence-corrected chi connectivity index (χ3v) is 4.93. The highest BCUT2D eigenvalue weighted by Crippen LogP contribution is 2.25. The summed E-state index contributed by atoms with van der Waals surface area (Å²) in [5, 5.41) is 0. The predicted octanol–water partition coefficient (Wildman–Crippen LogP) is 3.15. The normalized spacial score (nSPS) is 14.6. The number of benzene rings is 1. The second kappa shape index (κ2) is 7.64. The Balaban J connectivity index is 1.78. The summed E-state index contributed by atoms with van der Waals surface area (Å²) in [7, 11) is 1.67. The number of aryl methyl sites for hydroxylation is 1. The first-order valence-electron chi connectivity index (χ1n) is 8.77. The minimum atomic E-state index is -0.257. The molecule has 1 fully saturated rings. The van der Waals surface area contributed by atoms with Crippen LogP contribution >= 0.6 is 0 Å². The molecular formula is C20H23FN2O2. The lowest BCUT2D eigenvalue weighted by Crippen LogP contribution is -2.40. The topological polar surface area (TPSA) is 42.3 Å². The largest absolute Gasteiger partial charge is 0.335 e. The zero-order chi connectivity index (χ0) is 17.8. The Hall–Kier alpha value is -2.43. The van der Waals surface area contributed by atoms with Gasteiger partial charge in [0.1, 0.15) is 5.82 Å². The second-order valence-electron chi connectivity index (χ2n) is 6.68. The highest BCUT2D eigenvalue weighted by Gasteiger charge is 2.27. The third-order valence-electron chi connectivity index (χ3n) is 4.93. The molecule has 4 nitrogen and oxygen atoms in total. The van der Waals surface area contributed by atoms with Gasteiger partial charge in [-0.25, -0.2) is 4.39 Å². The van der Waals surface area contributed by atoms with Gasteiger partial charge in [-0.15, -0.1) is 0 Å². The molecule has 0 N–H and O–H groups in total. The first kappa shape index (κ1) is 17.4. The van der Waals surface area contributed by atoms with E-state index in [9.17, 15) is 14.0 Å². The van der Waals surface area contributed by atoms with Crippen LogP contribution in [0.25, 0.3) is 0 Å². The average Bonchev–Trinajstić information content (AvgIpc) is 3.13. The lowest BCUT2D eigenvalue weighted by molar-refractivity contribution is 0.0683. The summed E-state index contributed by atoms with van der Waals surface area (Å²) in [4.78, 5) is 26.7. The fraction of sp³-hybridized carbons (Fsp3) is 0.400. The van der Waals surface area contributed by atoms with Gasteiger partial charge in [0, 0.05) is 37.5 Å². The van der Waals surface area contributed by atoms with Crippen LogP contribution in [0, 0.1) is 5.82 Å². The van der Waals surface area contributed by atoms with Crippen molar-refractivity contribution >= 4 is 5.91 Å². The summed E-state index contributed by atoms with van der Waals surface area (Å²) in [6, 6.07) is 9.72. The van der Waals surface area contributed by atoms with E-state index in [0.717, 1.165) is 31.2 Å². The van der Waals surface area contributed by atoms with E-state index in [1.165, 1.54) is 22.8 Å². The molecule has 0 bridgehead atoms. The van der Waals surface area contributed by atoms with Crippen molar-refractivity contribution in [2.24, 2.45) is 7.05 Å². The van der Waals surface area contributed by atoms with Crippen LogP contribution in [0.4, 0.5) is 4.39 Å². The van der Waals surface area contributed by atoms with Crippen molar-refractivity contribution in [2.75, 3.05) is 6.54 Å². The maximum Gasteiger partial charge on any atom is 0.254 e. The van der Waals surface area contributed by atoms with Crippen LogP contribution in [0.3, 0.4) is 0 Å². The third kappa shape index (κ3) is 4.16. The fourth-order valence-electron chi connectivity index (χ4n) is 3.41. The van der Waals surface area contributed by atoms with Gasteiger partial charge in [-0.2, -0.15) is 0 Å². The standard InChI is InChI=1S/C20H23FN2O2/c1-22-12-11-16(14-19(22)24)20(25)23(18-4-2-3-5-18)13-10-15-6-8-17(21)9-7-15/h6-9,11-12,14,18H,2-5,10,13H2,1H3. The van der Waals surface area contributed by atoms with Crippen LogP contribution in [0.1, 0.15) is 41.6 Å². The van der Waals surface area contributed by atoms with E-state index < -0.39 is 0 Å². The first-order valence-corrected chi connectivity index (χ1v) is 8.77. The van der Waals surface area contributed by atoms with E-state index in [4.69, 9.17) is 0 Å². The van der Waals surface area contributed by atoms with Crippen molar-refractivity contribution in [2.45, 2.75) is 38.1 Å². The number of carbonyl (C=O) groups is 1. The molecule has 3 rings (SSSR count). The molecule has 1 amide bonds. The van der Waals surface area contributed by atoms with Crippen LogP contribution in [0.5, 0.6) is 0 Å². The number of rotatable bonds is 5. The van der Waals surface area contributed by atoms with E-state index in [-0.39, 0.29) is 23.3 Å². The van der Waals surface area contributed by atoms with Gasteiger partial charge in [0.25, 0.3) is 11.5 Å². The minimum Gasteiger partial charge on any atom is -0.335 e. The Morgan fingerprint density at radius 1 is 1.20 bits per heavy atom. The van der Waals surface area contributed by atoms with Gasteiger partial charge < -0.3 is 9.47 Å². The van der Waals surface area contributed by atoms with E-state index in [2.05, 4.69) is 0 Å². The Morgan fingerprint density at radius 2 is 1.88 bits per heavy atom. The van der Waals surface area contributed by atoms with Crippen LogP contribution in [0.2, 0.25) is 0 Å². The quantitative estimate of drug-likeness (QED) is 0.838. The Morgan fingerprint density at radius 3 is 2.52 bits per heavy atom. The molecule has 0 atom stereocenters. The highest BCUT2D eigenvalue weighted by molar-refractivity contribution is 5.94. The Kier molecular flexibility index (Phi) is 5.31. The van der Waals surface area contributed by atoms with Crippen molar-refractivity contribution in [1.82, 2.24) is 9.47 Å². The molecule has 0 radical (unpaired) electrons. The van der Waals surface area contributed by atoms with Crippen molar-refractivity contribution in [3.8, 4) is 0 Å². The Bertz CT molecular complexity index is 792. The van der Waals surface area contributed by atoms with E-state index in [1.807, 2.05) is 4.90 Å². The SMILES string of the molecule is Cn1ccc(C(=O)N(CCc2ccc(F)cc2)C2CCCC2)cc1=O. The van der Waals surface area contributed by atoms with Crippen molar-refractivity contribution in [3.63, 3.8) is 0 Å². The molecule has 1 aromatic heterocycles. The molecule has 1 aliphatic carbocycles. The van der Waals surface area contributed by atoms with Crippen LogP contribution in [0.15, 0.2) is 47.4 Å². The summed E-state index contributed by atoms with van der Waals surface area (Å²) in [5.74, 6) is -0.348. The highest BCUT2D eigenvalue weighted by atomic mass is 19.1. The molecule has 0 unspecified atom stereocenters. The Labute approximate surface area is 146 Å². The van der Waals surface area contributed by atoms with Crippen molar-refractivity contribution in [3.05, 3.63) is 69.9 Å². The molecule has 132 valence electrons. The zero-order valence-electron chi connectivity index (χ0n) is 14.5. The number of hydrogen-bond donors (Lipinski definition) is 0. The fourth-order valence-corrected chi connectivity index (χ4v) is 3.41. The molecule has 1 heterocycles. The van der Waals surface area contributed by atoms with Crippen molar-refractivity contribution in [1.29, 1.82) is 0 Å². The van der Waals surface area contributed by atoms with Gasteiger partial charge in [-0.3, -0.25) is 9.59 Å². The first-order chi connectivity index (χ1) is 12.0. The maximum atomic E-state index is 13.1. The number of halogens is 1. The van der Waals surface area contributed by atoms with Crippen LogP contribution in [-0.4, -0.2) is 28.0 Å². The van der Waals surface area contributed by atoms with Crippen LogP contribution in [-0.2, 0) is 13.5 Å². The number of pyridine rings is 1. The smallest absolute Gasteiger partial charge is 0.254 e. The molecule has 0 saturated heterocycles. The molecular weight excluding hydrogens is 319 g/mol. The number of hydrogen-bond acceptors (Lipinski definition) is 2. The molecule has 1 saturated carbocycles. The second-order valence-corrected chi connectivity index (χ2v) is 6.68. The molecule has 1 aromatic carbocycles. The molecule has 1 aliphatic rings. The van der Waals surface area contributed by atoms with Crippen molar-refractivity contribution < 1.29 is 9.18 Å². The van der Waals surface area contributed by atoms with Gasteiger partial charge in [0.15, 0.2) is 0 Å². The van der Waals surface area contributed by atoms with Gasteiger partial charge in [-0.05, 0) is 43.0 Å². The lowest BCUT2D eigenvalue weighted by Gasteiger charge is -2.29. The van der Waals surface area contributed by atoms with E-state index in [0.29, 0.717) is 18.5 Å². The summed E-state index contributed by atoms with van der Waals surface area (Å²) >= 11 is 0. The molecule has 5 heteroatoms. The number of carbonyl (C=O) groups excluding carboxylic acids is 1. The lowest BCUT2D eigenvalue weighted by atomic mass is 10.1. The molecule has 0 aliphatic heterocycles. The summed E-state index contributed by atoms with van der Waals surface area (Å²) in [6.07, 6.45) is 6.55. The van der Waals surface area contributed by atoms with Crippen LogP contribution < -0.4 is 5.56 Å². The van der Waals surface area contributed by atoms with Gasteiger partial charge in [0.05, 0.1) is 0 Å². The monoisotopic (exact) mass is 342 g/mol. The number of aromatic nitrogens is 1. The molecule has 2 aromatic rings. The maximum absolute atomic E-state index is 13.1. The summed E-state index contributed by atoms with van der Waals surface area (Å²) in [6.45, 7) is 0.574. The summed E-state index contributed by atoms with van der Waals surface area (Å²) < 4.78 is 14.5. The molecule has 25 heavy (non-hydrogen) atoms. The predicted molar refractivity (Wildman–Crippen MR) is 95.1 cm³/mol. The molecule has 0 spiro atoms. The van der Waals surface area contributed by atoms with E-state index >= 15 is 0 Å². The van der Waals surface area contributed by atoms with Gasteiger partial charge >= 0.3 is 0 Å². The zero-order valence-corrected chi connectivity index (χ0v) is 14.5. The average molecular weight is 342 g/mol. The number of amides is 1. The summed E-state index contributed by atoms with van der Waals surface area (Å²) in [5.41, 5.74) is 1.26.